The summed E-state index contributed by atoms with van der Waals surface area (Å²) >= 11 is 0. The largest absolute Gasteiger partial charge is 0.481 e. The second kappa shape index (κ2) is 5.30. The summed E-state index contributed by atoms with van der Waals surface area (Å²) in [6.07, 6.45) is 4.28. The minimum atomic E-state index is 0.259. The van der Waals surface area contributed by atoms with Gasteiger partial charge >= 0.3 is 0 Å². The lowest BCUT2D eigenvalue weighted by molar-refractivity contribution is 0.304. The number of imidazole rings is 1. The molecule has 0 bridgehead atoms. The van der Waals surface area contributed by atoms with Crippen molar-refractivity contribution < 1.29 is 4.74 Å². The monoisotopic (exact) mass is 229 g/mol. The molecule has 1 aromatic heterocycles. The number of aromatic amines is 1. The molecule has 0 fully saturated rings. The van der Waals surface area contributed by atoms with Crippen LogP contribution in [0.15, 0.2) is 36.8 Å². The molecule has 0 aliphatic heterocycles. The van der Waals surface area contributed by atoms with Gasteiger partial charge in [-0.3, -0.25) is 5.41 Å². The first-order chi connectivity index (χ1) is 8.25. The number of nitrogens with one attached hydrogen (secondary N) is 2. The second-order valence-corrected chi connectivity index (χ2v) is 3.82. The van der Waals surface area contributed by atoms with Crippen LogP contribution in [0.4, 0.5) is 0 Å². The SMILES string of the molecule is CC(=N)OCCc1cccc(-c2cnc[nH]2)c1. The Morgan fingerprint density at radius 2 is 2.35 bits per heavy atom. The quantitative estimate of drug-likeness (QED) is 0.625. The van der Waals surface area contributed by atoms with Gasteiger partial charge in [0.15, 0.2) is 5.90 Å². The molecule has 0 radical (unpaired) electrons. The van der Waals surface area contributed by atoms with Crippen LogP contribution in [0.25, 0.3) is 11.3 Å². The Bertz CT molecular complexity index is 491. The van der Waals surface area contributed by atoms with Gasteiger partial charge in [-0.1, -0.05) is 18.2 Å². The van der Waals surface area contributed by atoms with Gasteiger partial charge in [0.25, 0.3) is 0 Å². The van der Waals surface area contributed by atoms with Gasteiger partial charge in [0.1, 0.15) is 0 Å². The van der Waals surface area contributed by atoms with E-state index in [-0.39, 0.29) is 5.90 Å². The molecule has 4 heteroatoms. The van der Waals surface area contributed by atoms with Gasteiger partial charge in [-0.25, -0.2) is 4.98 Å². The number of ether oxygens (including phenoxy) is 1. The molecule has 17 heavy (non-hydrogen) atoms. The van der Waals surface area contributed by atoms with E-state index >= 15 is 0 Å². The molecule has 0 saturated carbocycles. The fourth-order valence-electron chi connectivity index (χ4n) is 1.63. The topological polar surface area (TPSA) is 61.8 Å². The van der Waals surface area contributed by atoms with Crippen molar-refractivity contribution in [2.75, 3.05) is 6.61 Å². The van der Waals surface area contributed by atoms with Gasteiger partial charge in [0, 0.05) is 13.3 Å². The average molecular weight is 229 g/mol. The molecule has 1 aromatic carbocycles. The summed E-state index contributed by atoms with van der Waals surface area (Å²) in [6, 6.07) is 8.22. The second-order valence-electron chi connectivity index (χ2n) is 3.82. The molecule has 4 nitrogen and oxygen atoms in total. The number of H-pyrrole nitrogens is 1. The molecule has 2 aromatic rings. The molecular weight excluding hydrogens is 214 g/mol. The van der Waals surface area contributed by atoms with E-state index in [1.807, 2.05) is 12.1 Å². The average Bonchev–Trinajstić information content (AvgIpc) is 2.82. The summed E-state index contributed by atoms with van der Waals surface area (Å²) in [4.78, 5) is 7.08. The highest BCUT2D eigenvalue weighted by atomic mass is 16.5. The van der Waals surface area contributed by atoms with Crippen molar-refractivity contribution in [3.05, 3.63) is 42.4 Å². The zero-order valence-corrected chi connectivity index (χ0v) is 9.73. The lowest BCUT2D eigenvalue weighted by atomic mass is 10.1. The molecule has 0 spiro atoms. The smallest absolute Gasteiger partial charge is 0.177 e. The highest BCUT2D eigenvalue weighted by molar-refractivity contribution is 5.69. The van der Waals surface area contributed by atoms with Crippen molar-refractivity contribution in [2.45, 2.75) is 13.3 Å². The molecule has 0 saturated heterocycles. The molecule has 2 rings (SSSR count). The number of aromatic nitrogens is 2. The first-order valence-electron chi connectivity index (χ1n) is 5.51. The van der Waals surface area contributed by atoms with Crippen LogP contribution in [0.5, 0.6) is 0 Å². The standard InChI is InChI=1S/C13H15N3O/c1-10(14)17-6-5-11-3-2-4-12(7-11)13-8-15-9-16-13/h2-4,7-9,14H,5-6H2,1H3,(H,15,16). The van der Waals surface area contributed by atoms with E-state index in [2.05, 4.69) is 22.1 Å². The highest BCUT2D eigenvalue weighted by Gasteiger charge is 2.00. The normalized spacial score (nSPS) is 10.2. The van der Waals surface area contributed by atoms with E-state index in [1.54, 1.807) is 19.4 Å². The van der Waals surface area contributed by atoms with Crippen LogP contribution in [-0.2, 0) is 11.2 Å². The Labute approximate surface area is 100 Å². The Balaban J connectivity index is 2.04. The van der Waals surface area contributed by atoms with Crippen LogP contribution in [0.3, 0.4) is 0 Å². The third-order valence-corrected chi connectivity index (χ3v) is 2.45. The molecule has 0 aliphatic carbocycles. The van der Waals surface area contributed by atoms with Gasteiger partial charge < -0.3 is 9.72 Å². The van der Waals surface area contributed by atoms with Crippen molar-refractivity contribution in [3.8, 4) is 11.3 Å². The summed E-state index contributed by atoms with van der Waals surface area (Å²) in [5.74, 6) is 0.259. The van der Waals surface area contributed by atoms with Crippen molar-refractivity contribution >= 4 is 5.90 Å². The lowest BCUT2D eigenvalue weighted by Gasteiger charge is -2.05. The van der Waals surface area contributed by atoms with Gasteiger partial charge in [-0.05, 0) is 17.2 Å². The summed E-state index contributed by atoms with van der Waals surface area (Å²) in [5.41, 5.74) is 3.32. The van der Waals surface area contributed by atoms with Crippen LogP contribution >= 0.6 is 0 Å². The van der Waals surface area contributed by atoms with Crippen LogP contribution < -0.4 is 0 Å². The Hall–Kier alpha value is -2.10. The highest BCUT2D eigenvalue weighted by Crippen LogP contribution is 2.17. The Kier molecular flexibility index (Phi) is 3.55. The van der Waals surface area contributed by atoms with E-state index in [4.69, 9.17) is 10.1 Å². The molecule has 0 unspecified atom stereocenters. The summed E-state index contributed by atoms with van der Waals surface area (Å²) in [7, 11) is 0. The summed E-state index contributed by atoms with van der Waals surface area (Å²) in [6.45, 7) is 2.18. The molecule has 2 N–H and O–H groups in total. The first kappa shape index (κ1) is 11.4. The summed E-state index contributed by atoms with van der Waals surface area (Å²) in [5, 5.41) is 7.18. The molecule has 0 aliphatic rings. The maximum absolute atomic E-state index is 7.18. The third-order valence-electron chi connectivity index (χ3n) is 2.45. The zero-order valence-electron chi connectivity index (χ0n) is 9.73. The van der Waals surface area contributed by atoms with Gasteiger partial charge in [0.2, 0.25) is 0 Å². The molecule has 88 valence electrons. The predicted octanol–water partition coefficient (Wildman–Crippen LogP) is 2.63. The number of hydrogen-bond acceptors (Lipinski definition) is 3. The van der Waals surface area contributed by atoms with E-state index < -0.39 is 0 Å². The van der Waals surface area contributed by atoms with E-state index in [9.17, 15) is 0 Å². The van der Waals surface area contributed by atoms with Crippen LogP contribution in [-0.4, -0.2) is 22.5 Å². The number of hydrogen-bond donors (Lipinski definition) is 2. The lowest BCUT2D eigenvalue weighted by Crippen LogP contribution is -2.02. The number of nitrogens with zero attached hydrogens (tertiary/aromatic N) is 1. The van der Waals surface area contributed by atoms with Crippen LogP contribution in [0.2, 0.25) is 0 Å². The van der Waals surface area contributed by atoms with Gasteiger partial charge in [0.05, 0.1) is 24.8 Å². The maximum atomic E-state index is 7.18. The van der Waals surface area contributed by atoms with Crippen molar-refractivity contribution in [2.24, 2.45) is 0 Å². The predicted molar refractivity (Wildman–Crippen MR) is 67.1 cm³/mol. The van der Waals surface area contributed by atoms with E-state index in [1.165, 1.54) is 5.56 Å². The summed E-state index contributed by atoms with van der Waals surface area (Å²) < 4.78 is 5.14. The van der Waals surface area contributed by atoms with Crippen molar-refractivity contribution in [1.29, 1.82) is 5.41 Å². The van der Waals surface area contributed by atoms with Gasteiger partial charge in [-0.2, -0.15) is 0 Å². The number of benzene rings is 1. The Morgan fingerprint density at radius 1 is 1.47 bits per heavy atom. The molecule has 0 atom stereocenters. The minimum Gasteiger partial charge on any atom is -0.481 e. The van der Waals surface area contributed by atoms with Crippen molar-refractivity contribution in [3.63, 3.8) is 0 Å². The zero-order chi connectivity index (χ0) is 12.1. The maximum Gasteiger partial charge on any atom is 0.177 e. The van der Waals surface area contributed by atoms with Crippen LogP contribution in [0.1, 0.15) is 12.5 Å². The van der Waals surface area contributed by atoms with Crippen LogP contribution in [0, 0.1) is 5.41 Å². The first-order valence-corrected chi connectivity index (χ1v) is 5.51. The molecule has 0 amide bonds. The minimum absolute atomic E-state index is 0.259. The third kappa shape index (κ3) is 3.17. The van der Waals surface area contributed by atoms with Crippen molar-refractivity contribution in [1.82, 2.24) is 9.97 Å². The molecule has 1 heterocycles. The fraction of sp³-hybridized carbons (Fsp3) is 0.231. The fourth-order valence-corrected chi connectivity index (χ4v) is 1.63. The van der Waals surface area contributed by atoms with Gasteiger partial charge in [-0.15, -0.1) is 0 Å². The Morgan fingerprint density at radius 3 is 3.06 bits per heavy atom. The van der Waals surface area contributed by atoms with E-state index in [0.717, 1.165) is 17.7 Å². The number of rotatable bonds is 4. The van der Waals surface area contributed by atoms with E-state index in [0.29, 0.717) is 6.61 Å². The molecular formula is C13H15N3O.